The Balaban J connectivity index is 2.51. The molecule has 0 saturated heterocycles. The van der Waals surface area contributed by atoms with Crippen LogP contribution in [-0.2, 0) is 4.74 Å². The van der Waals surface area contributed by atoms with E-state index in [0.29, 0.717) is 0 Å². The number of ether oxygens (including phenoxy) is 1. The Bertz CT molecular complexity index is 543. The van der Waals surface area contributed by atoms with Crippen molar-refractivity contribution >= 4 is 40.1 Å². The minimum atomic E-state index is -0.398. The van der Waals surface area contributed by atoms with Crippen molar-refractivity contribution < 1.29 is 9.53 Å². The summed E-state index contributed by atoms with van der Waals surface area (Å²) < 4.78 is 5.85. The molecular weight excluding hydrogens is 341 g/mol. The molecule has 2 rings (SSSR count). The third-order valence-electron chi connectivity index (χ3n) is 2.46. The minimum Gasteiger partial charge on any atom is -0.452 e. The van der Waals surface area contributed by atoms with Gasteiger partial charge in [0.2, 0.25) is 0 Å². The van der Waals surface area contributed by atoms with Crippen molar-refractivity contribution in [2.24, 2.45) is 0 Å². The highest BCUT2D eigenvalue weighted by Crippen LogP contribution is 2.29. The number of benzene rings is 2. The molecule has 0 aliphatic carbocycles. The lowest BCUT2D eigenvalue weighted by molar-refractivity contribution is 0.181. The predicted molar refractivity (Wildman–Crippen MR) is 80.1 cm³/mol. The SMILES string of the molecule is COC(=O)N(c1ccccc1)c1ccccc1I. The van der Waals surface area contributed by atoms with Crippen LogP contribution in [0, 0.1) is 3.57 Å². The van der Waals surface area contributed by atoms with Crippen LogP contribution < -0.4 is 4.90 Å². The van der Waals surface area contributed by atoms with Crippen LogP contribution in [0.5, 0.6) is 0 Å². The van der Waals surface area contributed by atoms with Crippen LogP contribution in [0.25, 0.3) is 0 Å². The molecule has 0 aliphatic rings. The molecule has 0 aromatic heterocycles. The number of rotatable bonds is 2. The molecule has 0 N–H and O–H groups in total. The Kier molecular flexibility index (Phi) is 4.19. The number of nitrogens with zero attached hydrogens (tertiary/aromatic N) is 1. The summed E-state index contributed by atoms with van der Waals surface area (Å²) in [5, 5.41) is 0. The van der Waals surface area contributed by atoms with Gasteiger partial charge in [0, 0.05) is 3.57 Å². The number of carbonyl (C=O) groups is 1. The number of amides is 1. The van der Waals surface area contributed by atoms with Gasteiger partial charge < -0.3 is 4.74 Å². The summed E-state index contributed by atoms with van der Waals surface area (Å²) in [5.74, 6) is 0. The maximum absolute atomic E-state index is 12.0. The average molecular weight is 353 g/mol. The number of hydrogen-bond donors (Lipinski definition) is 0. The lowest BCUT2D eigenvalue weighted by atomic mass is 10.2. The van der Waals surface area contributed by atoms with Crippen molar-refractivity contribution in [1.82, 2.24) is 0 Å². The Morgan fingerprint density at radius 1 is 1.06 bits per heavy atom. The Morgan fingerprint density at radius 3 is 2.28 bits per heavy atom. The van der Waals surface area contributed by atoms with E-state index in [0.717, 1.165) is 14.9 Å². The van der Waals surface area contributed by atoms with Crippen LogP contribution in [0.1, 0.15) is 0 Å². The standard InChI is InChI=1S/C14H12INO2/c1-18-14(17)16(11-7-3-2-4-8-11)13-10-6-5-9-12(13)15/h2-10H,1H3. The van der Waals surface area contributed by atoms with Gasteiger partial charge in [-0.3, -0.25) is 0 Å². The molecule has 2 aromatic rings. The molecule has 0 atom stereocenters. The molecule has 0 bridgehead atoms. The second-order valence-corrected chi connectivity index (χ2v) is 4.75. The Labute approximate surface area is 120 Å². The summed E-state index contributed by atoms with van der Waals surface area (Å²) in [7, 11) is 1.38. The largest absolute Gasteiger partial charge is 0.452 e. The first-order valence-electron chi connectivity index (χ1n) is 5.41. The molecule has 18 heavy (non-hydrogen) atoms. The fraction of sp³-hybridized carbons (Fsp3) is 0.0714. The second kappa shape index (κ2) is 5.86. The second-order valence-electron chi connectivity index (χ2n) is 3.59. The monoisotopic (exact) mass is 353 g/mol. The van der Waals surface area contributed by atoms with E-state index >= 15 is 0 Å². The van der Waals surface area contributed by atoms with Crippen molar-refractivity contribution in [3.8, 4) is 0 Å². The van der Waals surface area contributed by atoms with E-state index in [-0.39, 0.29) is 0 Å². The molecule has 0 aliphatic heterocycles. The molecule has 3 nitrogen and oxygen atoms in total. The van der Waals surface area contributed by atoms with Crippen molar-refractivity contribution in [3.63, 3.8) is 0 Å². The van der Waals surface area contributed by atoms with Gasteiger partial charge in [-0.15, -0.1) is 0 Å². The minimum absolute atomic E-state index is 0.398. The topological polar surface area (TPSA) is 29.5 Å². The van der Waals surface area contributed by atoms with Gasteiger partial charge in [0.1, 0.15) is 0 Å². The summed E-state index contributed by atoms with van der Waals surface area (Å²) in [6.07, 6.45) is -0.398. The molecule has 0 saturated carbocycles. The molecular formula is C14H12INO2. The number of para-hydroxylation sites is 2. The first kappa shape index (κ1) is 12.9. The molecule has 0 unspecified atom stereocenters. The van der Waals surface area contributed by atoms with Crippen LogP contribution in [0.2, 0.25) is 0 Å². The van der Waals surface area contributed by atoms with Crippen LogP contribution in [-0.4, -0.2) is 13.2 Å². The summed E-state index contributed by atoms with van der Waals surface area (Å²) in [6.45, 7) is 0. The molecule has 1 amide bonds. The third-order valence-corrected chi connectivity index (χ3v) is 3.38. The number of carbonyl (C=O) groups excluding carboxylic acids is 1. The van der Waals surface area contributed by atoms with Gasteiger partial charge >= 0.3 is 6.09 Å². The molecule has 0 fully saturated rings. The van der Waals surface area contributed by atoms with E-state index in [1.807, 2.05) is 54.6 Å². The van der Waals surface area contributed by atoms with Gasteiger partial charge in [0.05, 0.1) is 18.5 Å². The van der Waals surface area contributed by atoms with Crippen molar-refractivity contribution in [2.45, 2.75) is 0 Å². The van der Waals surface area contributed by atoms with Gasteiger partial charge in [-0.25, -0.2) is 9.69 Å². The lowest BCUT2D eigenvalue weighted by Gasteiger charge is -2.22. The summed E-state index contributed by atoms with van der Waals surface area (Å²) in [6, 6.07) is 17.1. The number of anilines is 2. The molecule has 2 aromatic carbocycles. The summed E-state index contributed by atoms with van der Waals surface area (Å²) >= 11 is 2.20. The summed E-state index contributed by atoms with van der Waals surface area (Å²) in [4.78, 5) is 13.5. The highest BCUT2D eigenvalue weighted by Gasteiger charge is 2.19. The van der Waals surface area contributed by atoms with E-state index in [2.05, 4.69) is 22.6 Å². The number of methoxy groups -OCH3 is 1. The van der Waals surface area contributed by atoms with Crippen molar-refractivity contribution in [1.29, 1.82) is 0 Å². The Hall–Kier alpha value is -1.56. The fourth-order valence-corrected chi connectivity index (χ4v) is 2.27. The fourth-order valence-electron chi connectivity index (χ4n) is 1.64. The zero-order valence-electron chi connectivity index (χ0n) is 9.84. The van der Waals surface area contributed by atoms with Crippen LogP contribution >= 0.6 is 22.6 Å². The Morgan fingerprint density at radius 2 is 1.67 bits per heavy atom. The zero-order valence-corrected chi connectivity index (χ0v) is 12.0. The highest BCUT2D eigenvalue weighted by atomic mass is 127. The van der Waals surface area contributed by atoms with Gasteiger partial charge in [0.25, 0.3) is 0 Å². The smallest absolute Gasteiger partial charge is 0.418 e. The van der Waals surface area contributed by atoms with Crippen LogP contribution in [0.4, 0.5) is 16.2 Å². The maximum Gasteiger partial charge on any atom is 0.418 e. The van der Waals surface area contributed by atoms with E-state index in [1.54, 1.807) is 4.90 Å². The van der Waals surface area contributed by atoms with Gasteiger partial charge in [0.15, 0.2) is 0 Å². The van der Waals surface area contributed by atoms with Crippen LogP contribution in [0.3, 0.4) is 0 Å². The zero-order chi connectivity index (χ0) is 13.0. The lowest BCUT2D eigenvalue weighted by Crippen LogP contribution is -2.26. The van der Waals surface area contributed by atoms with Gasteiger partial charge in [-0.2, -0.15) is 0 Å². The summed E-state index contributed by atoms with van der Waals surface area (Å²) in [5.41, 5.74) is 1.60. The molecule has 92 valence electrons. The van der Waals surface area contributed by atoms with Gasteiger partial charge in [-0.1, -0.05) is 30.3 Å². The first-order valence-corrected chi connectivity index (χ1v) is 6.49. The van der Waals surface area contributed by atoms with Gasteiger partial charge in [-0.05, 0) is 46.9 Å². The third kappa shape index (κ3) is 2.64. The number of halogens is 1. The molecule has 0 spiro atoms. The van der Waals surface area contributed by atoms with E-state index in [1.165, 1.54) is 7.11 Å². The molecule has 0 radical (unpaired) electrons. The quantitative estimate of drug-likeness (QED) is 0.758. The van der Waals surface area contributed by atoms with Crippen molar-refractivity contribution in [3.05, 3.63) is 58.2 Å². The average Bonchev–Trinajstić information content (AvgIpc) is 2.42. The number of hydrogen-bond acceptors (Lipinski definition) is 2. The molecule has 0 heterocycles. The molecule has 4 heteroatoms. The van der Waals surface area contributed by atoms with Crippen molar-refractivity contribution in [2.75, 3.05) is 12.0 Å². The van der Waals surface area contributed by atoms with Crippen LogP contribution in [0.15, 0.2) is 54.6 Å². The first-order chi connectivity index (χ1) is 8.74. The van der Waals surface area contributed by atoms with E-state index < -0.39 is 6.09 Å². The van der Waals surface area contributed by atoms with E-state index in [4.69, 9.17) is 4.74 Å². The van der Waals surface area contributed by atoms with E-state index in [9.17, 15) is 4.79 Å². The normalized spacial score (nSPS) is 9.89. The maximum atomic E-state index is 12.0. The highest BCUT2D eigenvalue weighted by molar-refractivity contribution is 14.1. The predicted octanol–water partition coefficient (Wildman–Crippen LogP) is 4.20.